The highest BCUT2D eigenvalue weighted by Crippen LogP contribution is 2.26. The van der Waals surface area contributed by atoms with Gasteiger partial charge in [-0.1, -0.05) is 6.07 Å². The van der Waals surface area contributed by atoms with Gasteiger partial charge in [-0.05, 0) is 43.0 Å². The number of esters is 1. The number of thioether (sulfide) groups is 1. The second-order valence-corrected chi connectivity index (χ2v) is 6.54. The lowest BCUT2D eigenvalue weighted by Crippen LogP contribution is -2.17. The van der Waals surface area contributed by atoms with Crippen LogP contribution in [0.3, 0.4) is 0 Å². The standard InChI is InChI=1S/C19H18N2O4S/c1-12-4-7-17-20-13(8-18(22)21(17)10-12)11-25-19(23)15-6-5-14(26-3)9-16(15)24-2/h4-10H,11H2,1-3H3. The molecule has 0 spiro atoms. The largest absolute Gasteiger partial charge is 0.496 e. The molecule has 134 valence electrons. The molecule has 0 saturated heterocycles. The second kappa shape index (κ2) is 7.61. The van der Waals surface area contributed by atoms with Crippen LogP contribution in [0.25, 0.3) is 5.65 Å². The molecule has 0 amide bonds. The monoisotopic (exact) mass is 370 g/mol. The van der Waals surface area contributed by atoms with Gasteiger partial charge in [0.1, 0.15) is 23.6 Å². The molecule has 0 radical (unpaired) electrons. The fourth-order valence-corrected chi connectivity index (χ4v) is 2.95. The van der Waals surface area contributed by atoms with Crippen LogP contribution in [0.5, 0.6) is 5.75 Å². The molecule has 0 unspecified atom stereocenters. The molecule has 0 bridgehead atoms. The lowest BCUT2D eigenvalue weighted by Gasteiger charge is -2.10. The SMILES string of the molecule is COc1cc(SC)ccc1C(=O)OCc1cc(=O)n2cc(C)ccc2n1. The average Bonchev–Trinajstić information content (AvgIpc) is 2.66. The first-order valence-electron chi connectivity index (χ1n) is 7.90. The van der Waals surface area contributed by atoms with Gasteiger partial charge in [0, 0.05) is 17.2 Å². The van der Waals surface area contributed by atoms with E-state index in [2.05, 4.69) is 4.98 Å². The molecule has 0 N–H and O–H groups in total. The summed E-state index contributed by atoms with van der Waals surface area (Å²) < 4.78 is 12.1. The highest BCUT2D eigenvalue weighted by molar-refractivity contribution is 7.98. The maximum atomic E-state index is 12.4. The van der Waals surface area contributed by atoms with Gasteiger partial charge in [0.05, 0.1) is 12.8 Å². The number of hydrogen-bond donors (Lipinski definition) is 0. The molecule has 2 heterocycles. The van der Waals surface area contributed by atoms with E-state index in [9.17, 15) is 9.59 Å². The van der Waals surface area contributed by atoms with Gasteiger partial charge in [-0.2, -0.15) is 0 Å². The van der Waals surface area contributed by atoms with E-state index in [-0.39, 0.29) is 12.2 Å². The summed E-state index contributed by atoms with van der Waals surface area (Å²) in [5.41, 5.74) is 1.98. The molecule has 0 fully saturated rings. The third-order valence-corrected chi connectivity index (χ3v) is 4.57. The van der Waals surface area contributed by atoms with E-state index in [0.717, 1.165) is 10.5 Å². The summed E-state index contributed by atoms with van der Waals surface area (Å²) in [5, 5.41) is 0. The Balaban J connectivity index is 1.81. The molecule has 0 aliphatic rings. The summed E-state index contributed by atoms with van der Waals surface area (Å²) in [4.78, 5) is 29.9. The van der Waals surface area contributed by atoms with Crippen molar-refractivity contribution in [3.05, 3.63) is 69.8 Å². The average molecular weight is 370 g/mol. The van der Waals surface area contributed by atoms with Crippen molar-refractivity contribution in [1.29, 1.82) is 0 Å². The van der Waals surface area contributed by atoms with Crippen LogP contribution in [0, 0.1) is 6.92 Å². The first kappa shape index (κ1) is 18.0. The Bertz CT molecular complexity index is 1030. The Morgan fingerprint density at radius 2 is 2.04 bits per heavy atom. The van der Waals surface area contributed by atoms with E-state index in [4.69, 9.17) is 9.47 Å². The zero-order chi connectivity index (χ0) is 18.7. The summed E-state index contributed by atoms with van der Waals surface area (Å²) in [7, 11) is 1.50. The first-order chi connectivity index (χ1) is 12.5. The quantitative estimate of drug-likeness (QED) is 0.508. The Kier molecular flexibility index (Phi) is 5.27. The molecule has 1 aromatic carbocycles. The molecule has 26 heavy (non-hydrogen) atoms. The smallest absolute Gasteiger partial charge is 0.342 e. The summed E-state index contributed by atoms with van der Waals surface area (Å²) in [6, 6.07) is 10.3. The van der Waals surface area contributed by atoms with Crippen LogP contribution in [0.1, 0.15) is 21.6 Å². The number of carbonyl (C=O) groups is 1. The van der Waals surface area contributed by atoms with E-state index in [1.165, 1.54) is 17.6 Å². The summed E-state index contributed by atoms with van der Waals surface area (Å²) in [5.74, 6) is -0.0794. The first-order valence-corrected chi connectivity index (χ1v) is 9.12. The van der Waals surface area contributed by atoms with Crippen LogP contribution >= 0.6 is 11.8 Å². The van der Waals surface area contributed by atoms with Gasteiger partial charge in [0.15, 0.2) is 0 Å². The van der Waals surface area contributed by atoms with E-state index in [1.54, 1.807) is 36.2 Å². The normalized spacial score (nSPS) is 10.7. The summed E-state index contributed by atoms with van der Waals surface area (Å²) in [6.45, 7) is 1.81. The van der Waals surface area contributed by atoms with Gasteiger partial charge in [-0.25, -0.2) is 9.78 Å². The molecule has 0 aliphatic carbocycles. The van der Waals surface area contributed by atoms with Gasteiger partial charge in [-0.3, -0.25) is 9.20 Å². The van der Waals surface area contributed by atoms with Crippen LogP contribution in [0.15, 0.2) is 52.3 Å². The molecule has 0 saturated carbocycles. The topological polar surface area (TPSA) is 69.9 Å². The number of rotatable bonds is 5. The van der Waals surface area contributed by atoms with Crippen molar-refractivity contribution < 1.29 is 14.3 Å². The molecule has 3 rings (SSSR count). The number of fused-ring (bicyclic) bond motifs is 1. The van der Waals surface area contributed by atoms with E-state index >= 15 is 0 Å². The van der Waals surface area contributed by atoms with Crippen molar-refractivity contribution in [1.82, 2.24) is 9.38 Å². The Hall–Kier alpha value is -2.80. The van der Waals surface area contributed by atoms with E-state index < -0.39 is 5.97 Å². The van der Waals surface area contributed by atoms with Crippen molar-refractivity contribution in [2.45, 2.75) is 18.4 Å². The van der Waals surface area contributed by atoms with Gasteiger partial charge in [-0.15, -0.1) is 11.8 Å². The molecule has 6 nitrogen and oxygen atoms in total. The number of aromatic nitrogens is 2. The third kappa shape index (κ3) is 3.72. The van der Waals surface area contributed by atoms with Crippen LogP contribution < -0.4 is 10.3 Å². The summed E-state index contributed by atoms with van der Waals surface area (Å²) in [6.07, 6.45) is 3.66. The van der Waals surface area contributed by atoms with E-state index in [1.807, 2.05) is 25.3 Å². The third-order valence-electron chi connectivity index (χ3n) is 3.84. The van der Waals surface area contributed by atoms with Crippen LogP contribution in [-0.2, 0) is 11.3 Å². The minimum absolute atomic E-state index is 0.0914. The van der Waals surface area contributed by atoms with Crippen LogP contribution in [-0.4, -0.2) is 28.7 Å². The number of carbonyl (C=O) groups excluding carboxylic acids is 1. The second-order valence-electron chi connectivity index (χ2n) is 5.66. The van der Waals surface area contributed by atoms with Gasteiger partial charge < -0.3 is 9.47 Å². The van der Waals surface area contributed by atoms with Gasteiger partial charge in [0.25, 0.3) is 5.56 Å². The molecule has 2 aromatic heterocycles. The molecule has 0 aliphatic heterocycles. The molecular weight excluding hydrogens is 352 g/mol. The Morgan fingerprint density at radius 3 is 2.77 bits per heavy atom. The van der Waals surface area contributed by atoms with Crippen molar-refractivity contribution in [3.8, 4) is 5.75 Å². The number of ether oxygens (including phenoxy) is 2. The molecular formula is C19H18N2O4S. The van der Waals surface area contributed by atoms with Crippen molar-refractivity contribution in [2.75, 3.05) is 13.4 Å². The van der Waals surface area contributed by atoms with Crippen LogP contribution in [0.2, 0.25) is 0 Å². The fourth-order valence-electron chi connectivity index (χ4n) is 2.52. The van der Waals surface area contributed by atoms with Crippen LogP contribution in [0.4, 0.5) is 0 Å². The van der Waals surface area contributed by atoms with E-state index in [0.29, 0.717) is 22.7 Å². The maximum absolute atomic E-state index is 12.4. The van der Waals surface area contributed by atoms with Crippen molar-refractivity contribution in [3.63, 3.8) is 0 Å². The predicted molar refractivity (Wildman–Crippen MR) is 100 cm³/mol. The maximum Gasteiger partial charge on any atom is 0.342 e. The molecule has 3 aromatic rings. The number of nitrogens with zero attached hydrogens (tertiary/aromatic N) is 2. The zero-order valence-electron chi connectivity index (χ0n) is 14.7. The highest BCUT2D eigenvalue weighted by atomic mass is 32.2. The zero-order valence-corrected chi connectivity index (χ0v) is 15.5. The van der Waals surface area contributed by atoms with Gasteiger partial charge >= 0.3 is 5.97 Å². The fraction of sp³-hybridized carbons (Fsp3) is 0.211. The lowest BCUT2D eigenvalue weighted by molar-refractivity contribution is 0.0464. The minimum Gasteiger partial charge on any atom is -0.496 e. The Labute approximate surface area is 154 Å². The predicted octanol–water partition coefficient (Wildman–Crippen LogP) is 3.09. The minimum atomic E-state index is -0.527. The van der Waals surface area contributed by atoms with Crippen molar-refractivity contribution >= 4 is 23.4 Å². The molecule has 0 atom stereocenters. The molecule has 7 heteroatoms. The highest BCUT2D eigenvalue weighted by Gasteiger charge is 2.15. The number of aryl methyl sites for hydroxylation is 1. The Morgan fingerprint density at radius 1 is 1.23 bits per heavy atom. The number of pyridine rings is 1. The number of benzene rings is 1. The summed E-state index contributed by atoms with van der Waals surface area (Å²) >= 11 is 1.55. The number of hydrogen-bond acceptors (Lipinski definition) is 6. The van der Waals surface area contributed by atoms with Crippen molar-refractivity contribution in [2.24, 2.45) is 0 Å². The van der Waals surface area contributed by atoms with Gasteiger partial charge in [0.2, 0.25) is 0 Å². The lowest BCUT2D eigenvalue weighted by atomic mass is 10.2. The number of methoxy groups -OCH3 is 1.